The molecule has 0 aliphatic carbocycles. The minimum Gasteiger partial charge on any atom is -0.490 e. The zero-order valence-corrected chi connectivity index (χ0v) is 10.7. The smallest absolute Gasteiger partial charge is 0.122 e. The maximum absolute atomic E-state index is 8.88. The maximum atomic E-state index is 8.88. The van der Waals surface area contributed by atoms with E-state index in [4.69, 9.17) is 15.7 Å². The van der Waals surface area contributed by atoms with Gasteiger partial charge >= 0.3 is 0 Å². The third-order valence-corrected chi connectivity index (χ3v) is 2.65. The van der Waals surface area contributed by atoms with Crippen molar-refractivity contribution in [2.75, 3.05) is 0 Å². The third-order valence-electron chi connectivity index (χ3n) is 2.65. The zero-order chi connectivity index (χ0) is 12.9. The van der Waals surface area contributed by atoms with Gasteiger partial charge in [-0.2, -0.15) is 5.26 Å². The highest BCUT2D eigenvalue weighted by Gasteiger charge is 2.22. The standard InChI is InChI=1S/C14H20N2O/c1-4-12-7-5-6-8-13(12)17-11(2)9-14(3,16)10-15/h5-8,11H,4,9,16H2,1-3H3. The molecule has 92 valence electrons. The van der Waals surface area contributed by atoms with E-state index in [-0.39, 0.29) is 6.10 Å². The normalized spacial score (nSPS) is 15.7. The highest BCUT2D eigenvalue weighted by molar-refractivity contribution is 5.33. The van der Waals surface area contributed by atoms with Gasteiger partial charge in [0.05, 0.1) is 12.2 Å². The number of benzene rings is 1. The summed E-state index contributed by atoms with van der Waals surface area (Å²) in [7, 11) is 0. The molecule has 17 heavy (non-hydrogen) atoms. The first-order chi connectivity index (χ1) is 7.98. The van der Waals surface area contributed by atoms with Crippen molar-refractivity contribution in [2.45, 2.75) is 45.3 Å². The Morgan fingerprint density at radius 3 is 2.71 bits per heavy atom. The van der Waals surface area contributed by atoms with Crippen LogP contribution in [0.15, 0.2) is 24.3 Å². The van der Waals surface area contributed by atoms with Crippen LogP contribution in [0.3, 0.4) is 0 Å². The summed E-state index contributed by atoms with van der Waals surface area (Å²) in [5, 5.41) is 8.88. The zero-order valence-electron chi connectivity index (χ0n) is 10.7. The van der Waals surface area contributed by atoms with Crippen LogP contribution in [0.25, 0.3) is 0 Å². The summed E-state index contributed by atoms with van der Waals surface area (Å²) < 4.78 is 5.84. The Balaban J connectivity index is 2.69. The Morgan fingerprint density at radius 2 is 2.12 bits per heavy atom. The second-order valence-electron chi connectivity index (χ2n) is 4.62. The van der Waals surface area contributed by atoms with Gasteiger partial charge < -0.3 is 10.5 Å². The lowest BCUT2D eigenvalue weighted by molar-refractivity contribution is 0.189. The van der Waals surface area contributed by atoms with Crippen molar-refractivity contribution in [3.63, 3.8) is 0 Å². The van der Waals surface area contributed by atoms with Crippen LogP contribution in [0.1, 0.15) is 32.8 Å². The number of hydrogen-bond acceptors (Lipinski definition) is 3. The fourth-order valence-corrected chi connectivity index (χ4v) is 1.81. The molecular weight excluding hydrogens is 212 g/mol. The third kappa shape index (κ3) is 4.08. The summed E-state index contributed by atoms with van der Waals surface area (Å²) in [5.74, 6) is 0.885. The maximum Gasteiger partial charge on any atom is 0.122 e. The summed E-state index contributed by atoms with van der Waals surface area (Å²) in [6.07, 6.45) is 1.38. The predicted molar refractivity (Wildman–Crippen MR) is 68.7 cm³/mol. The van der Waals surface area contributed by atoms with E-state index in [9.17, 15) is 0 Å². The second-order valence-corrected chi connectivity index (χ2v) is 4.62. The van der Waals surface area contributed by atoms with Crippen LogP contribution in [0.2, 0.25) is 0 Å². The van der Waals surface area contributed by atoms with Crippen LogP contribution >= 0.6 is 0 Å². The first-order valence-corrected chi connectivity index (χ1v) is 5.93. The van der Waals surface area contributed by atoms with Gasteiger partial charge in [0.1, 0.15) is 11.3 Å². The second kappa shape index (κ2) is 5.70. The molecule has 2 atom stereocenters. The molecule has 0 saturated heterocycles. The SMILES string of the molecule is CCc1ccccc1OC(C)CC(C)(N)C#N. The molecule has 3 heteroatoms. The van der Waals surface area contributed by atoms with Gasteiger partial charge in [-0.15, -0.1) is 0 Å². The molecule has 0 bridgehead atoms. The molecule has 3 nitrogen and oxygen atoms in total. The Bertz CT molecular complexity index is 407. The predicted octanol–water partition coefficient (Wildman–Crippen LogP) is 2.65. The molecule has 2 unspecified atom stereocenters. The monoisotopic (exact) mass is 232 g/mol. The van der Waals surface area contributed by atoms with E-state index < -0.39 is 5.54 Å². The van der Waals surface area contributed by atoms with E-state index in [0.29, 0.717) is 6.42 Å². The van der Waals surface area contributed by atoms with Crippen molar-refractivity contribution in [3.05, 3.63) is 29.8 Å². The Hall–Kier alpha value is -1.53. The topological polar surface area (TPSA) is 59.0 Å². The number of para-hydroxylation sites is 1. The van der Waals surface area contributed by atoms with E-state index in [1.807, 2.05) is 31.2 Å². The van der Waals surface area contributed by atoms with Crippen LogP contribution in [-0.4, -0.2) is 11.6 Å². The van der Waals surface area contributed by atoms with E-state index in [1.165, 1.54) is 5.56 Å². The Morgan fingerprint density at radius 1 is 1.47 bits per heavy atom. The molecule has 0 radical (unpaired) electrons. The summed E-state index contributed by atoms with van der Waals surface area (Å²) in [6.45, 7) is 5.75. The number of rotatable bonds is 5. The van der Waals surface area contributed by atoms with Gasteiger partial charge in [-0.25, -0.2) is 0 Å². The van der Waals surface area contributed by atoms with E-state index in [1.54, 1.807) is 6.92 Å². The molecule has 1 rings (SSSR count). The highest BCUT2D eigenvalue weighted by atomic mass is 16.5. The van der Waals surface area contributed by atoms with E-state index in [0.717, 1.165) is 12.2 Å². The van der Waals surface area contributed by atoms with Crippen LogP contribution in [-0.2, 0) is 6.42 Å². The summed E-state index contributed by atoms with van der Waals surface area (Å²) in [4.78, 5) is 0. The Labute approximate surface area is 103 Å². The number of nitrogens with two attached hydrogens (primary N) is 1. The summed E-state index contributed by atoms with van der Waals surface area (Å²) >= 11 is 0. The molecule has 1 aromatic carbocycles. The van der Waals surface area contributed by atoms with Crippen molar-refractivity contribution in [1.82, 2.24) is 0 Å². The van der Waals surface area contributed by atoms with Crippen LogP contribution < -0.4 is 10.5 Å². The van der Waals surface area contributed by atoms with Gasteiger partial charge in [0, 0.05) is 6.42 Å². The largest absolute Gasteiger partial charge is 0.490 e. The number of hydrogen-bond donors (Lipinski definition) is 1. The van der Waals surface area contributed by atoms with Crippen molar-refractivity contribution < 1.29 is 4.74 Å². The molecule has 0 aliphatic heterocycles. The molecule has 0 aliphatic rings. The van der Waals surface area contributed by atoms with Gasteiger partial charge in [-0.3, -0.25) is 0 Å². The lowest BCUT2D eigenvalue weighted by Gasteiger charge is -2.22. The van der Waals surface area contributed by atoms with E-state index >= 15 is 0 Å². The summed E-state index contributed by atoms with van der Waals surface area (Å²) in [5.41, 5.74) is 6.14. The quantitative estimate of drug-likeness (QED) is 0.849. The number of nitrogens with zero attached hydrogens (tertiary/aromatic N) is 1. The van der Waals surface area contributed by atoms with Crippen LogP contribution in [0.4, 0.5) is 0 Å². The minimum absolute atomic E-state index is 0.0719. The van der Waals surface area contributed by atoms with Gasteiger partial charge in [0.25, 0.3) is 0 Å². The minimum atomic E-state index is -0.833. The van der Waals surface area contributed by atoms with Gasteiger partial charge in [0.2, 0.25) is 0 Å². The number of nitriles is 1. The average molecular weight is 232 g/mol. The molecule has 2 N–H and O–H groups in total. The number of aryl methyl sites for hydroxylation is 1. The highest BCUT2D eigenvalue weighted by Crippen LogP contribution is 2.21. The molecule has 0 aromatic heterocycles. The van der Waals surface area contributed by atoms with Crippen molar-refractivity contribution in [3.8, 4) is 11.8 Å². The van der Waals surface area contributed by atoms with Crippen molar-refractivity contribution in [1.29, 1.82) is 5.26 Å². The van der Waals surface area contributed by atoms with Gasteiger partial charge in [0.15, 0.2) is 0 Å². The van der Waals surface area contributed by atoms with Gasteiger partial charge in [-0.1, -0.05) is 25.1 Å². The lowest BCUT2D eigenvalue weighted by Crippen LogP contribution is -2.38. The first-order valence-electron chi connectivity index (χ1n) is 5.93. The molecule has 0 saturated carbocycles. The molecule has 1 aromatic rings. The van der Waals surface area contributed by atoms with Crippen LogP contribution in [0, 0.1) is 11.3 Å². The first kappa shape index (κ1) is 13.5. The lowest BCUT2D eigenvalue weighted by atomic mass is 9.98. The van der Waals surface area contributed by atoms with Crippen molar-refractivity contribution in [2.24, 2.45) is 5.73 Å². The van der Waals surface area contributed by atoms with Crippen molar-refractivity contribution >= 4 is 0 Å². The summed E-state index contributed by atoms with van der Waals surface area (Å²) in [6, 6.07) is 10.0. The van der Waals surface area contributed by atoms with Gasteiger partial charge in [-0.05, 0) is 31.9 Å². The average Bonchev–Trinajstić information content (AvgIpc) is 2.29. The molecular formula is C14H20N2O. The molecule has 0 fully saturated rings. The molecule has 0 heterocycles. The van der Waals surface area contributed by atoms with E-state index in [2.05, 4.69) is 13.0 Å². The Kier molecular flexibility index (Phi) is 4.53. The number of ether oxygens (including phenoxy) is 1. The van der Waals surface area contributed by atoms with Crippen LogP contribution in [0.5, 0.6) is 5.75 Å². The fourth-order valence-electron chi connectivity index (χ4n) is 1.81. The molecule has 0 amide bonds. The fraction of sp³-hybridized carbons (Fsp3) is 0.500. The molecule has 0 spiro atoms.